The summed E-state index contributed by atoms with van der Waals surface area (Å²) >= 11 is 0. The van der Waals surface area contributed by atoms with Crippen molar-refractivity contribution < 1.29 is 19.4 Å². The normalized spacial score (nSPS) is 18.8. The molecular weight excluding hydrogens is 428 g/mol. The van der Waals surface area contributed by atoms with Crippen LogP contribution in [0, 0.1) is 18.3 Å². The third kappa shape index (κ3) is 3.61. The van der Waals surface area contributed by atoms with E-state index in [9.17, 15) is 14.7 Å². The standard InChI is InChI=1S/C28H22N2O4/c1-17-4-2-5-20(14-17)25-24(26(31)21-9-12-23-19(15-21)6-3-13-34-23)27(32)28(33)30(25)22-10-7-18(16-29)8-11-22/h2,4-5,7-12,14-15,25,31H,3,6,13H2,1H3/b26-24-. The largest absolute Gasteiger partial charge is 0.507 e. The highest BCUT2D eigenvalue weighted by Gasteiger charge is 2.47. The van der Waals surface area contributed by atoms with Crippen LogP contribution >= 0.6 is 0 Å². The lowest BCUT2D eigenvalue weighted by atomic mass is 9.93. The molecule has 1 N–H and O–H groups in total. The quantitative estimate of drug-likeness (QED) is 0.351. The van der Waals surface area contributed by atoms with E-state index >= 15 is 0 Å². The number of benzene rings is 3. The smallest absolute Gasteiger partial charge is 0.300 e. The van der Waals surface area contributed by atoms with E-state index < -0.39 is 17.7 Å². The Hall–Kier alpha value is -4.37. The minimum atomic E-state index is -0.805. The minimum Gasteiger partial charge on any atom is -0.507 e. The fraction of sp³-hybridized carbons (Fsp3) is 0.179. The number of hydrogen-bond donors (Lipinski definition) is 1. The second-order valence-corrected chi connectivity index (χ2v) is 8.52. The average molecular weight is 450 g/mol. The fourth-order valence-corrected chi connectivity index (χ4v) is 4.61. The second-order valence-electron chi connectivity index (χ2n) is 8.52. The second kappa shape index (κ2) is 8.53. The van der Waals surface area contributed by atoms with Crippen molar-refractivity contribution in [2.45, 2.75) is 25.8 Å². The number of nitriles is 1. The first-order chi connectivity index (χ1) is 16.5. The Morgan fingerprint density at radius 2 is 1.88 bits per heavy atom. The lowest BCUT2D eigenvalue weighted by Gasteiger charge is -2.26. The molecular formula is C28H22N2O4. The molecule has 2 heterocycles. The molecule has 2 aliphatic rings. The van der Waals surface area contributed by atoms with E-state index in [1.807, 2.05) is 37.3 Å². The molecule has 0 radical (unpaired) electrons. The maximum absolute atomic E-state index is 13.3. The lowest BCUT2D eigenvalue weighted by molar-refractivity contribution is -0.132. The van der Waals surface area contributed by atoms with Crippen LogP contribution in [0.1, 0.15) is 40.3 Å². The molecule has 0 aliphatic carbocycles. The van der Waals surface area contributed by atoms with Crippen LogP contribution in [-0.4, -0.2) is 23.4 Å². The highest BCUT2D eigenvalue weighted by atomic mass is 16.5. The van der Waals surface area contributed by atoms with E-state index in [1.54, 1.807) is 36.4 Å². The topological polar surface area (TPSA) is 90.6 Å². The van der Waals surface area contributed by atoms with Crippen molar-refractivity contribution in [3.05, 3.63) is 100 Å². The van der Waals surface area contributed by atoms with Crippen LogP contribution in [-0.2, 0) is 16.0 Å². The Morgan fingerprint density at radius 3 is 2.62 bits per heavy atom. The predicted molar refractivity (Wildman–Crippen MR) is 127 cm³/mol. The molecule has 6 heteroatoms. The van der Waals surface area contributed by atoms with Gasteiger partial charge in [-0.1, -0.05) is 29.8 Å². The number of fused-ring (bicyclic) bond motifs is 1. The number of hydrogen-bond acceptors (Lipinski definition) is 5. The Kier molecular flexibility index (Phi) is 5.39. The van der Waals surface area contributed by atoms with Crippen LogP contribution in [0.5, 0.6) is 5.75 Å². The molecule has 6 nitrogen and oxygen atoms in total. The van der Waals surface area contributed by atoms with Crippen LogP contribution < -0.4 is 9.64 Å². The van der Waals surface area contributed by atoms with Crippen LogP contribution in [0.3, 0.4) is 0 Å². The molecule has 1 unspecified atom stereocenters. The van der Waals surface area contributed by atoms with Crippen LogP contribution in [0.25, 0.3) is 5.76 Å². The summed E-state index contributed by atoms with van der Waals surface area (Å²) in [7, 11) is 0. The zero-order valence-electron chi connectivity index (χ0n) is 18.6. The van der Waals surface area contributed by atoms with E-state index in [4.69, 9.17) is 10.00 Å². The number of ketones is 1. The molecule has 34 heavy (non-hydrogen) atoms. The first-order valence-electron chi connectivity index (χ1n) is 11.1. The Morgan fingerprint density at radius 1 is 1.09 bits per heavy atom. The van der Waals surface area contributed by atoms with E-state index in [2.05, 4.69) is 6.07 Å². The number of anilines is 1. The summed E-state index contributed by atoms with van der Waals surface area (Å²) in [4.78, 5) is 27.9. The van der Waals surface area contributed by atoms with E-state index in [0.29, 0.717) is 29.0 Å². The van der Waals surface area contributed by atoms with Crippen LogP contribution in [0.2, 0.25) is 0 Å². The number of ether oxygens (including phenoxy) is 1. The SMILES string of the molecule is Cc1cccc(C2/C(=C(/O)c3ccc4c(c3)CCCO4)C(=O)C(=O)N2c2ccc(C#N)cc2)c1. The maximum Gasteiger partial charge on any atom is 0.300 e. The van der Waals surface area contributed by atoms with Gasteiger partial charge in [-0.25, -0.2) is 0 Å². The van der Waals surface area contributed by atoms with E-state index in [0.717, 1.165) is 29.7 Å². The summed E-state index contributed by atoms with van der Waals surface area (Å²) in [5.74, 6) is -0.910. The van der Waals surface area contributed by atoms with Crippen molar-refractivity contribution in [1.82, 2.24) is 0 Å². The van der Waals surface area contributed by atoms with Crippen molar-refractivity contribution in [1.29, 1.82) is 5.26 Å². The molecule has 0 saturated carbocycles. The molecule has 1 fully saturated rings. The van der Waals surface area contributed by atoms with E-state index in [-0.39, 0.29) is 11.3 Å². The zero-order valence-corrected chi connectivity index (χ0v) is 18.6. The van der Waals surface area contributed by atoms with Crippen molar-refractivity contribution in [3.63, 3.8) is 0 Å². The number of aliphatic hydroxyl groups is 1. The predicted octanol–water partition coefficient (Wildman–Crippen LogP) is 4.82. The highest BCUT2D eigenvalue weighted by molar-refractivity contribution is 6.51. The van der Waals surface area contributed by atoms with Gasteiger partial charge in [-0.3, -0.25) is 14.5 Å². The molecule has 0 spiro atoms. The third-order valence-electron chi connectivity index (χ3n) is 6.26. The number of Topliss-reactive ketones (excluding diaryl/α,β-unsaturated/α-hetero) is 1. The summed E-state index contributed by atoms with van der Waals surface area (Å²) < 4.78 is 5.67. The molecule has 2 aliphatic heterocycles. The molecule has 3 aromatic rings. The highest BCUT2D eigenvalue weighted by Crippen LogP contribution is 2.42. The lowest BCUT2D eigenvalue weighted by Crippen LogP contribution is -2.29. The van der Waals surface area contributed by atoms with Crippen LogP contribution in [0.4, 0.5) is 5.69 Å². The number of rotatable bonds is 3. The average Bonchev–Trinajstić information content (AvgIpc) is 3.13. The van der Waals surface area contributed by atoms with Crippen molar-refractivity contribution >= 4 is 23.1 Å². The van der Waals surface area contributed by atoms with Crippen molar-refractivity contribution in [3.8, 4) is 11.8 Å². The number of amides is 1. The summed E-state index contributed by atoms with van der Waals surface area (Å²) in [6, 6.07) is 20.6. The summed E-state index contributed by atoms with van der Waals surface area (Å²) in [5, 5.41) is 20.5. The number of carbonyl (C=O) groups excluding carboxylic acids is 2. The molecule has 1 saturated heterocycles. The van der Waals surface area contributed by atoms with Gasteiger partial charge in [0.25, 0.3) is 11.7 Å². The molecule has 3 aromatic carbocycles. The first-order valence-corrected chi connectivity index (χ1v) is 11.1. The first kappa shape index (κ1) is 21.5. The van der Waals surface area contributed by atoms with Crippen LogP contribution in [0.15, 0.2) is 72.3 Å². The Labute approximate surface area is 197 Å². The van der Waals surface area contributed by atoms with Gasteiger partial charge in [-0.05, 0) is 73.4 Å². The maximum atomic E-state index is 13.3. The van der Waals surface area contributed by atoms with Crippen molar-refractivity contribution in [2.24, 2.45) is 0 Å². The van der Waals surface area contributed by atoms with Gasteiger partial charge in [0, 0.05) is 11.3 Å². The van der Waals surface area contributed by atoms with Gasteiger partial charge in [0.1, 0.15) is 11.5 Å². The molecule has 168 valence electrons. The molecule has 5 rings (SSSR count). The Bertz CT molecular complexity index is 1380. The molecule has 1 amide bonds. The summed E-state index contributed by atoms with van der Waals surface area (Å²) in [5.41, 5.74) is 4.08. The van der Waals surface area contributed by atoms with Gasteiger partial charge < -0.3 is 9.84 Å². The van der Waals surface area contributed by atoms with E-state index in [1.165, 1.54) is 4.90 Å². The van der Waals surface area contributed by atoms with Crippen molar-refractivity contribution in [2.75, 3.05) is 11.5 Å². The summed E-state index contributed by atoms with van der Waals surface area (Å²) in [6.45, 7) is 2.59. The zero-order chi connectivity index (χ0) is 23.8. The number of aryl methyl sites for hydroxylation is 2. The van der Waals surface area contributed by atoms with Gasteiger partial charge in [0.15, 0.2) is 0 Å². The number of carbonyl (C=O) groups is 2. The molecule has 1 atom stereocenters. The van der Waals surface area contributed by atoms with Gasteiger partial charge in [-0.15, -0.1) is 0 Å². The van der Waals surface area contributed by atoms with Gasteiger partial charge in [-0.2, -0.15) is 5.26 Å². The minimum absolute atomic E-state index is 0.0386. The Balaban J connectivity index is 1.69. The molecule has 0 bridgehead atoms. The van der Waals surface area contributed by atoms with Gasteiger partial charge >= 0.3 is 0 Å². The van der Waals surface area contributed by atoms with Gasteiger partial charge in [0.05, 0.1) is 29.9 Å². The molecule has 0 aromatic heterocycles. The monoisotopic (exact) mass is 450 g/mol. The number of nitrogens with zero attached hydrogens (tertiary/aromatic N) is 2. The summed E-state index contributed by atoms with van der Waals surface area (Å²) in [6.07, 6.45) is 1.70. The van der Waals surface area contributed by atoms with Gasteiger partial charge in [0.2, 0.25) is 0 Å². The number of aliphatic hydroxyl groups excluding tert-OH is 1. The third-order valence-corrected chi connectivity index (χ3v) is 6.26. The fourth-order valence-electron chi connectivity index (χ4n) is 4.61.